The van der Waals surface area contributed by atoms with Gasteiger partial charge in [-0.1, -0.05) is 28.1 Å². The number of aromatic nitrogens is 1. The van der Waals surface area contributed by atoms with Crippen molar-refractivity contribution in [2.45, 2.75) is 20.3 Å². The number of pyridine rings is 1. The maximum atomic E-state index is 12.2. The number of nitrogens with zero attached hydrogens (tertiary/aromatic N) is 1. The van der Waals surface area contributed by atoms with Crippen LogP contribution in [0.15, 0.2) is 40.9 Å². The molecule has 1 heterocycles. The number of benzene rings is 1. The number of aryl methyl sites for hydroxylation is 2. The first-order valence-electron chi connectivity index (χ1n) is 5.77. The summed E-state index contributed by atoms with van der Waals surface area (Å²) in [5.41, 5.74) is 3.53. The Kier molecular flexibility index (Phi) is 3.92. The van der Waals surface area contributed by atoms with Crippen LogP contribution in [0.5, 0.6) is 0 Å². The summed E-state index contributed by atoms with van der Waals surface area (Å²) in [6.07, 6.45) is 0.427. The molecule has 0 N–H and O–H groups in total. The van der Waals surface area contributed by atoms with E-state index in [1.165, 1.54) is 0 Å². The van der Waals surface area contributed by atoms with Gasteiger partial charge in [0, 0.05) is 27.8 Å². The second-order valence-corrected chi connectivity index (χ2v) is 5.28. The van der Waals surface area contributed by atoms with Crippen LogP contribution in [0.3, 0.4) is 0 Å². The molecule has 1 aromatic carbocycles. The lowest BCUT2D eigenvalue weighted by atomic mass is 10.0. The molecule has 0 saturated carbocycles. The van der Waals surface area contributed by atoms with Crippen molar-refractivity contribution in [2.75, 3.05) is 0 Å². The van der Waals surface area contributed by atoms with Crippen molar-refractivity contribution < 1.29 is 4.79 Å². The number of halogens is 1. The normalized spacial score (nSPS) is 10.4. The van der Waals surface area contributed by atoms with Crippen LogP contribution in [0.4, 0.5) is 0 Å². The van der Waals surface area contributed by atoms with Crippen LogP contribution in [0.2, 0.25) is 0 Å². The second kappa shape index (κ2) is 5.44. The van der Waals surface area contributed by atoms with Gasteiger partial charge in [-0.05, 0) is 43.7 Å². The SMILES string of the molecule is Cc1cc(C(=O)Cc2ccc(Br)cc2)cc(C)n1. The summed E-state index contributed by atoms with van der Waals surface area (Å²) in [6.45, 7) is 3.81. The van der Waals surface area contributed by atoms with E-state index in [-0.39, 0.29) is 5.78 Å². The largest absolute Gasteiger partial charge is 0.294 e. The van der Waals surface area contributed by atoms with E-state index >= 15 is 0 Å². The summed E-state index contributed by atoms with van der Waals surface area (Å²) in [5, 5.41) is 0. The van der Waals surface area contributed by atoms with Gasteiger partial charge in [0.25, 0.3) is 0 Å². The molecular weight excluding hydrogens is 290 g/mol. The first-order valence-corrected chi connectivity index (χ1v) is 6.57. The predicted molar refractivity (Wildman–Crippen MR) is 75.9 cm³/mol. The predicted octanol–water partition coefficient (Wildman–Crippen LogP) is 3.89. The Morgan fingerprint density at radius 1 is 1.11 bits per heavy atom. The Labute approximate surface area is 115 Å². The highest BCUT2D eigenvalue weighted by Crippen LogP contribution is 2.13. The van der Waals surface area contributed by atoms with Crippen LogP contribution in [0.25, 0.3) is 0 Å². The molecule has 18 heavy (non-hydrogen) atoms. The number of ketones is 1. The van der Waals surface area contributed by atoms with Crippen LogP contribution in [0.1, 0.15) is 27.3 Å². The average Bonchev–Trinajstić information content (AvgIpc) is 2.31. The highest BCUT2D eigenvalue weighted by atomic mass is 79.9. The fourth-order valence-electron chi connectivity index (χ4n) is 1.89. The molecule has 0 radical (unpaired) electrons. The van der Waals surface area contributed by atoms with Crippen LogP contribution in [-0.2, 0) is 6.42 Å². The first kappa shape index (κ1) is 13.0. The van der Waals surface area contributed by atoms with Crippen molar-refractivity contribution in [3.8, 4) is 0 Å². The lowest BCUT2D eigenvalue weighted by Crippen LogP contribution is -2.05. The molecule has 0 saturated heterocycles. The minimum absolute atomic E-state index is 0.130. The molecule has 2 rings (SSSR count). The molecule has 0 aliphatic carbocycles. The number of rotatable bonds is 3. The Bertz CT molecular complexity index is 555. The molecular formula is C15H14BrNO. The van der Waals surface area contributed by atoms with Gasteiger partial charge in [-0.3, -0.25) is 9.78 Å². The van der Waals surface area contributed by atoms with Crippen molar-refractivity contribution in [3.05, 3.63) is 63.4 Å². The van der Waals surface area contributed by atoms with Crippen molar-refractivity contribution >= 4 is 21.7 Å². The molecule has 0 amide bonds. The lowest BCUT2D eigenvalue weighted by Gasteiger charge is -2.04. The van der Waals surface area contributed by atoms with Crippen LogP contribution in [-0.4, -0.2) is 10.8 Å². The topological polar surface area (TPSA) is 30.0 Å². The van der Waals surface area contributed by atoms with Crippen molar-refractivity contribution in [1.29, 1.82) is 0 Å². The molecule has 0 spiro atoms. The summed E-state index contributed by atoms with van der Waals surface area (Å²) < 4.78 is 1.02. The molecule has 2 aromatic rings. The summed E-state index contributed by atoms with van der Waals surface area (Å²) in [6, 6.07) is 11.5. The van der Waals surface area contributed by atoms with Gasteiger partial charge in [0.2, 0.25) is 0 Å². The van der Waals surface area contributed by atoms with Gasteiger partial charge >= 0.3 is 0 Å². The van der Waals surface area contributed by atoms with Gasteiger partial charge in [-0.15, -0.1) is 0 Å². The van der Waals surface area contributed by atoms with E-state index in [0.717, 1.165) is 27.0 Å². The number of hydrogen-bond donors (Lipinski definition) is 0. The number of carbonyl (C=O) groups excluding carboxylic acids is 1. The van der Waals surface area contributed by atoms with Gasteiger partial charge in [-0.2, -0.15) is 0 Å². The van der Waals surface area contributed by atoms with Crippen molar-refractivity contribution in [1.82, 2.24) is 4.98 Å². The summed E-state index contributed by atoms with van der Waals surface area (Å²) in [7, 11) is 0. The van der Waals surface area contributed by atoms with Crippen LogP contribution >= 0.6 is 15.9 Å². The van der Waals surface area contributed by atoms with Crippen molar-refractivity contribution in [3.63, 3.8) is 0 Å². The van der Waals surface area contributed by atoms with Gasteiger partial charge in [-0.25, -0.2) is 0 Å². The quantitative estimate of drug-likeness (QED) is 0.805. The van der Waals surface area contributed by atoms with E-state index in [9.17, 15) is 4.79 Å². The average molecular weight is 304 g/mol. The third-order valence-electron chi connectivity index (χ3n) is 2.68. The lowest BCUT2D eigenvalue weighted by molar-refractivity contribution is 0.0992. The zero-order valence-electron chi connectivity index (χ0n) is 10.4. The maximum Gasteiger partial charge on any atom is 0.167 e. The highest BCUT2D eigenvalue weighted by Gasteiger charge is 2.08. The van der Waals surface area contributed by atoms with E-state index in [0.29, 0.717) is 6.42 Å². The second-order valence-electron chi connectivity index (χ2n) is 4.37. The zero-order chi connectivity index (χ0) is 13.1. The fourth-order valence-corrected chi connectivity index (χ4v) is 2.15. The minimum Gasteiger partial charge on any atom is -0.294 e. The Morgan fingerprint density at radius 3 is 2.22 bits per heavy atom. The van der Waals surface area contributed by atoms with Crippen molar-refractivity contribution in [2.24, 2.45) is 0 Å². The Balaban J connectivity index is 2.19. The molecule has 0 bridgehead atoms. The molecule has 3 heteroatoms. The maximum absolute atomic E-state index is 12.2. The molecule has 0 atom stereocenters. The first-order chi connectivity index (χ1) is 8.54. The molecule has 0 aliphatic heterocycles. The molecule has 0 fully saturated rings. The molecule has 1 aromatic heterocycles. The third-order valence-corrected chi connectivity index (χ3v) is 3.21. The van der Waals surface area contributed by atoms with E-state index in [1.807, 2.05) is 50.2 Å². The summed E-state index contributed by atoms with van der Waals surface area (Å²) in [4.78, 5) is 16.4. The minimum atomic E-state index is 0.130. The molecule has 0 unspecified atom stereocenters. The van der Waals surface area contributed by atoms with E-state index < -0.39 is 0 Å². The van der Waals surface area contributed by atoms with Crippen LogP contribution in [0, 0.1) is 13.8 Å². The molecule has 92 valence electrons. The summed E-state index contributed by atoms with van der Waals surface area (Å²) in [5.74, 6) is 0.130. The standard InChI is InChI=1S/C15H14BrNO/c1-10-7-13(8-11(2)17-10)15(18)9-12-3-5-14(16)6-4-12/h3-8H,9H2,1-2H3. The van der Waals surface area contributed by atoms with Crippen LogP contribution < -0.4 is 0 Å². The molecule has 0 aliphatic rings. The monoisotopic (exact) mass is 303 g/mol. The number of carbonyl (C=O) groups is 1. The van der Waals surface area contributed by atoms with Gasteiger partial charge < -0.3 is 0 Å². The van der Waals surface area contributed by atoms with Gasteiger partial charge in [0.1, 0.15) is 0 Å². The molecule has 2 nitrogen and oxygen atoms in total. The van der Waals surface area contributed by atoms with Gasteiger partial charge in [0.05, 0.1) is 0 Å². The summed E-state index contributed by atoms with van der Waals surface area (Å²) >= 11 is 3.38. The van der Waals surface area contributed by atoms with E-state index in [1.54, 1.807) is 0 Å². The van der Waals surface area contributed by atoms with E-state index in [4.69, 9.17) is 0 Å². The zero-order valence-corrected chi connectivity index (χ0v) is 12.0. The van der Waals surface area contributed by atoms with Gasteiger partial charge in [0.15, 0.2) is 5.78 Å². The highest BCUT2D eigenvalue weighted by molar-refractivity contribution is 9.10. The number of Topliss-reactive ketones (excluding diaryl/α,β-unsaturated/α-hetero) is 1. The smallest absolute Gasteiger partial charge is 0.167 e. The van der Waals surface area contributed by atoms with E-state index in [2.05, 4.69) is 20.9 Å². The Morgan fingerprint density at radius 2 is 1.67 bits per heavy atom. The number of hydrogen-bond acceptors (Lipinski definition) is 2. The third kappa shape index (κ3) is 3.26. The Hall–Kier alpha value is -1.48. The fraction of sp³-hybridized carbons (Fsp3) is 0.200.